The molecule has 16 heavy (non-hydrogen) atoms. The molecule has 0 aliphatic carbocycles. The van der Waals surface area contributed by atoms with Crippen LogP contribution in [0, 0.1) is 0 Å². The summed E-state index contributed by atoms with van der Waals surface area (Å²) in [5, 5.41) is 8.72. The van der Waals surface area contributed by atoms with E-state index in [1.807, 2.05) is 0 Å². The van der Waals surface area contributed by atoms with Gasteiger partial charge in [-0.05, 0) is 10.4 Å². The van der Waals surface area contributed by atoms with Crippen LogP contribution in [0.15, 0.2) is 0 Å². The molecule has 0 unspecified atom stereocenters. The number of tetrazole rings is 1. The lowest BCUT2D eigenvalue weighted by Gasteiger charge is -2.14. The Bertz CT molecular complexity index is 338. The van der Waals surface area contributed by atoms with E-state index >= 15 is 0 Å². The predicted molar refractivity (Wildman–Crippen MR) is 38.3 cm³/mol. The van der Waals surface area contributed by atoms with Crippen molar-refractivity contribution in [3.63, 3.8) is 0 Å². The quantitative estimate of drug-likeness (QED) is 0.747. The molecule has 0 saturated heterocycles. The van der Waals surface area contributed by atoms with Gasteiger partial charge in [0.2, 0.25) is 5.82 Å². The number of alkyl halides is 6. The molecule has 0 amide bonds. The first-order chi connectivity index (χ1) is 7.34. The Morgan fingerprint density at radius 1 is 1.19 bits per heavy atom. The van der Waals surface area contributed by atoms with Gasteiger partial charge in [-0.2, -0.15) is 0 Å². The Morgan fingerprint density at radius 2 is 1.81 bits per heavy atom. The minimum Gasteiger partial charge on any atom is -0.224 e. The molecule has 4 nitrogen and oxygen atoms in total. The summed E-state index contributed by atoms with van der Waals surface area (Å²) in [4.78, 5) is 0. The molecule has 1 aromatic rings. The van der Waals surface area contributed by atoms with E-state index in [-0.39, 0.29) is 0 Å². The molecule has 1 rings (SSSR count). The molecule has 0 atom stereocenters. The Labute approximate surface area is 85.2 Å². The fraction of sp³-hybridized carbons (Fsp3) is 0.833. The maximum atomic E-state index is 12.5. The van der Waals surface area contributed by atoms with E-state index < -0.39 is 37.6 Å². The molecule has 0 aliphatic heterocycles. The average Bonchev–Trinajstić information content (AvgIpc) is 2.62. The van der Waals surface area contributed by atoms with Crippen molar-refractivity contribution in [2.24, 2.45) is 0 Å². The SMILES string of the molecule is FC(F)c1nnnn1CCC(F)(F)C(F)F. The molecule has 10 heteroatoms. The standard InChI is InChI=1S/C6H6F6N4/c7-3(8)4-13-14-15-16(4)2-1-6(11,12)5(9)10/h3,5H,1-2H2. The first-order valence-electron chi connectivity index (χ1n) is 4.05. The second-order valence-electron chi connectivity index (χ2n) is 2.87. The summed E-state index contributed by atoms with van der Waals surface area (Å²) < 4.78 is 73.0. The third kappa shape index (κ3) is 2.83. The average molecular weight is 248 g/mol. The molecule has 0 N–H and O–H groups in total. The monoisotopic (exact) mass is 248 g/mol. The summed E-state index contributed by atoms with van der Waals surface area (Å²) >= 11 is 0. The minimum absolute atomic E-state index is 0.376. The van der Waals surface area contributed by atoms with Crippen molar-refractivity contribution >= 4 is 0 Å². The second kappa shape index (κ2) is 4.66. The molecule has 1 aromatic heterocycles. The summed E-state index contributed by atoms with van der Waals surface area (Å²) in [5.41, 5.74) is 0. The van der Waals surface area contributed by atoms with Crippen LogP contribution in [0.1, 0.15) is 18.7 Å². The van der Waals surface area contributed by atoms with Crippen molar-refractivity contribution in [1.29, 1.82) is 0 Å². The fourth-order valence-corrected chi connectivity index (χ4v) is 0.891. The highest BCUT2D eigenvalue weighted by Gasteiger charge is 2.40. The zero-order valence-corrected chi connectivity index (χ0v) is 7.63. The van der Waals surface area contributed by atoms with Crippen LogP contribution in [-0.2, 0) is 6.54 Å². The minimum atomic E-state index is -4.24. The van der Waals surface area contributed by atoms with Gasteiger partial charge in [-0.3, -0.25) is 0 Å². The molecular formula is C6H6F6N4. The van der Waals surface area contributed by atoms with E-state index in [2.05, 4.69) is 15.5 Å². The lowest BCUT2D eigenvalue weighted by atomic mass is 10.2. The molecule has 0 spiro atoms. The highest BCUT2D eigenvalue weighted by molar-refractivity contribution is 4.82. The van der Waals surface area contributed by atoms with Crippen molar-refractivity contribution in [1.82, 2.24) is 20.2 Å². The van der Waals surface area contributed by atoms with Crippen LogP contribution in [0.5, 0.6) is 0 Å². The molecule has 1 heterocycles. The molecule has 0 aromatic carbocycles. The van der Waals surface area contributed by atoms with Gasteiger partial charge in [-0.1, -0.05) is 0 Å². The van der Waals surface area contributed by atoms with Gasteiger partial charge in [0.05, 0.1) is 6.54 Å². The van der Waals surface area contributed by atoms with Crippen molar-refractivity contribution in [2.45, 2.75) is 31.7 Å². The van der Waals surface area contributed by atoms with Crippen LogP contribution >= 0.6 is 0 Å². The number of hydrogen-bond donors (Lipinski definition) is 0. The Hall–Kier alpha value is -1.35. The summed E-state index contributed by atoms with van der Waals surface area (Å²) in [6.45, 7) is -0.802. The highest BCUT2D eigenvalue weighted by Crippen LogP contribution is 2.27. The van der Waals surface area contributed by atoms with Crippen LogP contribution in [0.3, 0.4) is 0 Å². The summed E-state index contributed by atoms with van der Waals surface area (Å²) in [5.74, 6) is -5.17. The van der Waals surface area contributed by atoms with E-state index in [0.29, 0.717) is 4.68 Å². The van der Waals surface area contributed by atoms with Crippen molar-refractivity contribution in [2.75, 3.05) is 0 Å². The van der Waals surface area contributed by atoms with Crippen molar-refractivity contribution in [3.8, 4) is 0 Å². The number of aryl methyl sites for hydroxylation is 1. The third-order valence-electron chi connectivity index (χ3n) is 1.73. The van der Waals surface area contributed by atoms with E-state index in [4.69, 9.17) is 0 Å². The van der Waals surface area contributed by atoms with E-state index in [1.165, 1.54) is 0 Å². The molecular weight excluding hydrogens is 242 g/mol. The van der Waals surface area contributed by atoms with Crippen LogP contribution in [0.25, 0.3) is 0 Å². The normalized spacial score (nSPS) is 12.8. The molecule has 0 radical (unpaired) electrons. The Kier molecular flexibility index (Phi) is 3.70. The maximum Gasteiger partial charge on any atom is 0.309 e. The van der Waals surface area contributed by atoms with Gasteiger partial charge >= 0.3 is 12.3 Å². The second-order valence-corrected chi connectivity index (χ2v) is 2.87. The number of hydrogen-bond acceptors (Lipinski definition) is 3. The van der Waals surface area contributed by atoms with E-state index in [0.717, 1.165) is 0 Å². The van der Waals surface area contributed by atoms with Crippen LogP contribution in [-0.4, -0.2) is 32.6 Å². The van der Waals surface area contributed by atoms with Gasteiger partial charge in [-0.15, -0.1) is 5.10 Å². The maximum absolute atomic E-state index is 12.5. The molecule has 0 saturated carbocycles. The number of aromatic nitrogens is 4. The Balaban J connectivity index is 2.64. The Morgan fingerprint density at radius 3 is 2.31 bits per heavy atom. The summed E-state index contributed by atoms with van der Waals surface area (Å²) in [7, 11) is 0. The summed E-state index contributed by atoms with van der Waals surface area (Å²) in [6.07, 6.45) is -8.20. The summed E-state index contributed by atoms with van der Waals surface area (Å²) in [6, 6.07) is 0. The van der Waals surface area contributed by atoms with E-state index in [1.54, 1.807) is 0 Å². The zero-order chi connectivity index (χ0) is 12.3. The fourth-order valence-electron chi connectivity index (χ4n) is 0.891. The highest BCUT2D eigenvalue weighted by atomic mass is 19.3. The van der Waals surface area contributed by atoms with Gasteiger partial charge in [0.15, 0.2) is 0 Å². The molecule has 92 valence electrons. The van der Waals surface area contributed by atoms with Crippen LogP contribution < -0.4 is 0 Å². The topological polar surface area (TPSA) is 43.6 Å². The van der Waals surface area contributed by atoms with Crippen LogP contribution in [0.2, 0.25) is 0 Å². The third-order valence-corrected chi connectivity index (χ3v) is 1.73. The van der Waals surface area contributed by atoms with Gasteiger partial charge in [0, 0.05) is 6.42 Å². The molecule has 0 bridgehead atoms. The van der Waals surface area contributed by atoms with Gasteiger partial charge in [0.1, 0.15) is 0 Å². The predicted octanol–water partition coefficient (Wildman–Crippen LogP) is 1.90. The van der Waals surface area contributed by atoms with Crippen molar-refractivity contribution in [3.05, 3.63) is 5.82 Å². The number of nitrogens with zero attached hydrogens (tertiary/aromatic N) is 4. The van der Waals surface area contributed by atoms with Gasteiger partial charge in [0.25, 0.3) is 6.43 Å². The van der Waals surface area contributed by atoms with Gasteiger partial charge in [-0.25, -0.2) is 31.0 Å². The first-order valence-corrected chi connectivity index (χ1v) is 4.05. The molecule has 0 fully saturated rings. The number of rotatable bonds is 5. The zero-order valence-electron chi connectivity index (χ0n) is 7.63. The first kappa shape index (κ1) is 12.7. The number of halogens is 6. The largest absolute Gasteiger partial charge is 0.309 e. The lowest BCUT2D eigenvalue weighted by Crippen LogP contribution is -2.28. The molecule has 0 aliphatic rings. The van der Waals surface area contributed by atoms with E-state index in [9.17, 15) is 26.3 Å². The van der Waals surface area contributed by atoms with Crippen molar-refractivity contribution < 1.29 is 26.3 Å². The lowest BCUT2D eigenvalue weighted by molar-refractivity contribution is -0.135. The van der Waals surface area contributed by atoms with Crippen LogP contribution in [0.4, 0.5) is 26.3 Å². The van der Waals surface area contributed by atoms with Gasteiger partial charge < -0.3 is 0 Å². The smallest absolute Gasteiger partial charge is 0.224 e.